The van der Waals surface area contributed by atoms with Gasteiger partial charge in [-0.3, -0.25) is 0 Å². The third-order valence-electron chi connectivity index (χ3n) is 2.47. The Morgan fingerprint density at radius 2 is 2.15 bits per heavy atom. The monoisotopic (exact) mass is 172 g/mol. The van der Waals surface area contributed by atoms with Crippen LogP contribution in [0.15, 0.2) is 30.3 Å². The maximum absolute atomic E-state index is 10.4. The second kappa shape index (κ2) is 3.56. The molecule has 0 heterocycles. The van der Waals surface area contributed by atoms with Crippen LogP contribution < -0.4 is 0 Å². The fraction of sp³-hybridized carbons (Fsp3) is 0.250. The molecule has 66 valence electrons. The average molecular weight is 172 g/mol. The summed E-state index contributed by atoms with van der Waals surface area (Å²) in [6.07, 6.45) is 5.89. The highest BCUT2D eigenvalue weighted by Gasteiger charge is 2.10. The Balaban J connectivity index is 2.41. The minimum Gasteiger partial charge on any atom is -0.303 e. The molecule has 1 aromatic rings. The summed E-state index contributed by atoms with van der Waals surface area (Å²) in [4.78, 5) is 10.4. The standard InChI is InChI=1S/C12H12O/c13-9-8-11-6-3-5-10-4-1-2-7-12(10)11/h1-2,4,6-7,9H,3,5,8H2. The minimum atomic E-state index is 0.553. The van der Waals surface area contributed by atoms with E-state index in [2.05, 4.69) is 24.3 Å². The van der Waals surface area contributed by atoms with E-state index in [0.29, 0.717) is 6.42 Å². The Hall–Kier alpha value is -1.37. The molecule has 0 fully saturated rings. The van der Waals surface area contributed by atoms with Gasteiger partial charge in [-0.05, 0) is 29.5 Å². The number of carbonyl (C=O) groups is 1. The minimum absolute atomic E-state index is 0.553. The Morgan fingerprint density at radius 1 is 1.31 bits per heavy atom. The van der Waals surface area contributed by atoms with Crippen LogP contribution in [0.1, 0.15) is 24.0 Å². The molecule has 0 unspecified atom stereocenters. The lowest BCUT2D eigenvalue weighted by atomic mass is 9.90. The van der Waals surface area contributed by atoms with Crippen molar-refractivity contribution in [3.63, 3.8) is 0 Å². The summed E-state index contributed by atoms with van der Waals surface area (Å²) in [5.41, 5.74) is 3.83. The van der Waals surface area contributed by atoms with Gasteiger partial charge in [0.1, 0.15) is 6.29 Å². The third-order valence-corrected chi connectivity index (χ3v) is 2.47. The molecule has 2 rings (SSSR count). The Kier molecular flexibility index (Phi) is 2.26. The van der Waals surface area contributed by atoms with Gasteiger partial charge in [-0.1, -0.05) is 30.3 Å². The van der Waals surface area contributed by atoms with E-state index in [9.17, 15) is 4.79 Å². The van der Waals surface area contributed by atoms with Crippen molar-refractivity contribution >= 4 is 11.9 Å². The molecule has 1 nitrogen and oxygen atoms in total. The quantitative estimate of drug-likeness (QED) is 0.627. The molecule has 0 spiro atoms. The predicted octanol–water partition coefficient (Wildman–Crippen LogP) is 2.61. The first-order valence-corrected chi connectivity index (χ1v) is 4.63. The van der Waals surface area contributed by atoms with E-state index in [1.807, 2.05) is 6.07 Å². The normalized spacial score (nSPS) is 14.6. The van der Waals surface area contributed by atoms with Gasteiger partial charge >= 0.3 is 0 Å². The van der Waals surface area contributed by atoms with Crippen LogP contribution in [-0.4, -0.2) is 6.29 Å². The SMILES string of the molecule is O=CCC1=CCCc2ccccc21. The van der Waals surface area contributed by atoms with Crippen LogP contribution >= 0.6 is 0 Å². The number of allylic oxidation sites excluding steroid dienone is 2. The predicted molar refractivity (Wildman–Crippen MR) is 53.4 cm³/mol. The van der Waals surface area contributed by atoms with Crippen molar-refractivity contribution in [2.45, 2.75) is 19.3 Å². The Morgan fingerprint density at radius 3 is 3.00 bits per heavy atom. The molecule has 0 aromatic heterocycles. The fourth-order valence-electron chi connectivity index (χ4n) is 1.85. The van der Waals surface area contributed by atoms with Crippen molar-refractivity contribution in [1.29, 1.82) is 0 Å². The van der Waals surface area contributed by atoms with Gasteiger partial charge in [0.15, 0.2) is 0 Å². The summed E-state index contributed by atoms with van der Waals surface area (Å²) in [5.74, 6) is 0. The lowest BCUT2D eigenvalue weighted by Crippen LogP contribution is -1.99. The van der Waals surface area contributed by atoms with Crippen LogP contribution in [0.3, 0.4) is 0 Å². The molecule has 0 saturated heterocycles. The molecule has 0 amide bonds. The molecule has 0 saturated carbocycles. The Labute approximate surface area is 78.1 Å². The molecule has 1 heteroatoms. The summed E-state index contributed by atoms with van der Waals surface area (Å²) >= 11 is 0. The van der Waals surface area contributed by atoms with Gasteiger partial charge in [-0.25, -0.2) is 0 Å². The van der Waals surface area contributed by atoms with Crippen molar-refractivity contribution in [2.24, 2.45) is 0 Å². The van der Waals surface area contributed by atoms with E-state index in [-0.39, 0.29) is 0 Å². The van der Waals surface area contributed by atoms with E-state index in [1.54, 1.807) is 0 Å². The zero-order chi connectivity index (χ0) is 9.10. The Bertz CT molecular complexity index is 350. The number of aryl methyl sites for hydroxylation is 1. The molecule has 1 aromatic carbocycles. The van der Waals surface area contributed by atoms with Gasteiger partial charge in [0, 0.05) is 6.42 Å². The van der Waals surface area contributed by atoms with Gasteiger partial charge in [0.2, 0.25) is 0 Å². The molecule has 0 aliphatic heterocycles. The first-order valence-electron chi connectivity index (χ1n) is 4.63. The van der Waals surface area contributed by atoms with Crippen LogP contribution in [-0.2, 0) is 11.2 Å². The number of fused-ring (bicyclic) bond motifs is 1. The van der Waals surface area contributed by atoms with Crippen molar-refractivity contribution in [2.75, 3.05) is 0 Å². The van der Waals surface area contributed by atoms with Crippen molar-refractivity contribution < 1.29 is 4.79 Å². The smallest absolute Gasteiger partial charge is 0.124 e. The zero-order valence-electron chi connectivity index (χ0n) is 7.49. The van der Waals surface area contributed by atoms with E-state index in [4.69, 9.17) is 0 Å². The highest BCUT2D eigenvalue weighted by atomic mass is 16.1. The van der Waals surface area contributed by atoms with Crippen LogP contribution in [0.25, 0.3) is 5.57 Å². The molecule has 0 bridgehead atoms. The van der Waals surface area contributed by atoms with Crippen LogP contribution in [0.2, 0.25) is 0 Å². The summed E-state index contributed by atoms with van der Waals surface area (Å²) in [6, 6.07) is 8.34. The molecule has 1 aliphatic carbocycles. The highest BCUT2D eigenvalue weighted by molar-refractivity contribution is 5.79. The van der Waals surface area contributed by atoms with Crippen molar-refractivity contribution in [3.05, 3.63) is 41.5 Å². The van der Waals surface area contributed by atoms with Gasteiger partial charge in [0.25, 0.3) is 0 Å². The number of aldehydes is 1. The largest absolute Gasteiger partial charge is 0.303 e. The second-order valence-electron chi connectivity index (χ2n) is 3.30. The van der Waals surface area contributed by atoms with Gasteiger partial charge in [0.05, 0.1) is 0 Å². The number of benzene rings is 1. The average Bonchev–Trinajstić information content (AvgIpc) is 2.19. The van der Waals surface area contributed by atoms with Gasteiger partial charge < -0.3 is 4.79 Å². The van der Waals surface area contributed by atoms with Crippen LogP contribution in [0, 0.1) is 0 Å². The molecule has 1 aliphatic rings. The summed E-state index contributed by atoms with van der Waals surface area (Å²) in [7, 11) is 0. The van der Waals surface area contributed by atoms with E-state index >= 15 is 0 Å². The zero-order valence-corrected chi connectivity index (χ0v) is 7.49. The lowest BCUT2D eigenvalue weighted by Gasteiger charge is -2.15. The maximum atomic E-state index is 10.4. The molecule has 0 atom stereocenters. The second-order valence-corrected chi connectivity index (χ2v) is 3.30. The van der Waals surface area contributed by atoms with Crippen LogP contribution in [0.5, 0.6) is 0 Å². The van der Waals surface area contributed by atoms with Gasteiger partial charge in [-0.15, -0.1) is 0 Å². The van der Waals surface area contributed by atoms with E-state index < -0.39 is 0 Å². The maximum Gasteiger partial charge on any atom is 0.124 e. The van der Waals surface area contributed by atoms with Gasteiger partial charge in [-0.2, -0.15) is 0 Å². The molecule has 13 heavy (non-hydrogen) atoms. The molecule has 0 radical (unpaired) electrons. The highest BCUT2D eigenvalue weighted by Crippen LogP contribution is 2.27. The first-order chi connectivity index (χ1) is 6.42. The van der Waals surface area contributed by atoms with Crippen LogP contribution in [0.4, 0.5) is 0 Å². The molecular weight excluding hydrogens is 160 g/mol. The third kappa shape index (κ3) is 1.55. The van der Waals surface area contributed by atoms with Crippen molar-refractivity contribution in [1.82, 2.24) is 0 Å². The van der Waals surface area contributed by atoms with Crippen molar-refractivity contribution in [3.8, 4) is 0 Å². The summed E-state index contributed by atoms with van der Waals surface area (Å²) in [5, 5.41) is 0. The number of rotatable bonds is 2. The number of hydrogen-bond donors (Lipinski definition) is 0. The lowest BCUT2D eigenvalue weighted by molar-refractivity contribution is -0.107. The molecular formula is C12H12O. The topological polar surface area (TPSA) is 17.1 Å². The van der Waals surface area contributed by atoms with E-state index in [1.165, 1.54) is 16.7 Å². The first kappa shape index (κ1) is 8.24. The summed E-state index contributed by atoms with van der Waals surface area (Å²) < 4.78 is 0. The van der Waals surface area contributed by atoms with E-state index in [0.717, 1.165) is 19.1 Å². The fourth-order valence-corrected chi connectivity index (χ4v) is 1.85. The summed E-state index contributed by atoms with van der Waals surface area (Å²) in [6.45, 7) is 0. The molecule has 0 N–H and O–H groups in total. The number of carbonyl (C=O) groups excluding carboxylic acids is 1. The number of hydrogen-bond acceptors (Lipinski definition) is 1.